The van der Waals surface area contributed by atoms with Crippen molar-refractivity contribution < 1.29 is 27.4 Å². The third-order valence-electron chi connectivity index (χ3n) is 5.84. The average Bonchev–Trinajstić information content (AvgIpc) is 3.40. The molecule has 11 heteroatoms. The molecule has 39 heavy (non-hydrogen) atoms. The highest BCUT2D eigenvalue weighted by molar-refractivity contribution is 7.79. The monoisotopic (exact) mass is 548 g/mol. The van der Waals surface area contributed by atoms with E-state index in [1.807, 2.05) is 30.3 Å². The molecule has 3 aromatic carbocycles. The number of ether oxygens (including phenoxy) is 1. The molecule has 0 saturated carbocycles. The van der Waals surface area contributed by atoms with Gasteiger partial charge in [0.25, 0.3) is 0 Å². The first-order chi connectivity index (χ1) is 18.9. The second-order valence-electron chi connectivity index (χ2n) is 8.65. The summed E-state index contributed by atoms with van der Waals surface area (Å²) in [6, 6.07) is 20.4. The van der Waals surface area contributed by atoms with Gasteiger partial charge in [0.2, 0.25) is 0 Å². The maximum Gasteiger partial charge on any atom is 0.161 e. The Balaban J connectivity index is 1.30. The smallest absolute Gasteiger partial charge is 0.161 e. The van der Waals surface area contributed by atoms with Crippen LogP contribution in [0.3, 0.4) is 0 Å². The lowest BCUT2D eigenvalue weighted by atomic mass is 10.1. The number of hydrogen-bond donors (Lipinski definition) is 4. The molecule has 9 nitrogen and oxygen atoms in total. The number of anilines is 2. The van der Waals surface area contributed by atoms with Crippen molar-refractivity contribution in [3.63, 3.8) is 0 Å². The van der Waals surface area contributed by atoms with Gasteiger partial charge in [-0.05, 0) is 60.2 Å². The Bertz CT molecular complexity index is 1630. The molecule has 0 aliphatic rings. The molecule has 0 amide bonds. The maximum absolute atomic E-state index is 13.4. The topological polar surface area (TPSA) is 130 Å². The summed E-state index contributed by atoms with van der Waals surface area (Å²) in [7, 11) is 0. The highest BCUT2D eigenvalue weighted by atomic mass is 32.2. The Hall–Kier alpha value is -4.32. The predicted octanol–water partition coefficient (Wildman–Crippen LogP) is 5.37. The molecule has 0 spiro atoms. The van der Waals surface area contributed by atoms with Crippen LogP contribution in [-0.2, 0) is 24.2 Å². The largest absolute Gasteiger partial charge is 0.504 e. The lowest BCUT2D eigenvalue weighted by Gasteiger charge is -2.12. The van der Waals surface area contributed by atoms with Gasteiger partial charge in [-0.15, -0.1) is 0 Å². The Morgan fingerprint density at radius 2 is 1.92 bits per heavy atom. The van der Waals surface area contributed by atoms with E-state index >= 15 is 0 Å². The summed E-state index contributed by atoms with van der Waals surface area (Å²) >= 11 is -1.83. The molecule has 4 N–H and O–H groups in total. The summed E-state index contributed by atoms with van der Waals surface area (Å²) in [6.07, 6.45) is 1.46. The van der Waals surface area contributed by atoms with Gasteiger partial charge in [-0.1, -0.05) is 12.1 Å². The standard InChI is InChI=1S/C28H25FN4O5S/c29-20-3-1-2-18(12-20)16-37-27-8-5-21(14-25(27)34)33-28-23-13-19(4-7-24(23)31-17-32-28)26-9-6-22(38-26)15-30-10-11-39(35)36/h1-9,12-14,17,30,34H,10-11,15-16H2,(H,35,36)(H,31,32,33). The SMILES string of the molecule is O=S(O)CCNCc1ccc(-c2ccc3ncnc(Nc4ccc(OCc5cccc(F)c5)c(O)c4)c3c2)o1. The van der Waals surface area contributed by atoms with Crippen LogP contribution in [0.25, 0.3) is 22.2 Å². The van der Waals surface area contributed by atoms with Crippen molar-refractivity contribution in [1.82, 2.24) is 15.3 Å². The van der Waals surface area contributed by atoms with Crippen molar-refractivity contribution in [2.24, 2.45) is 0 Å². The van der Waals surface area contributed by atoms with Crippen LogP contribution in [0.2, 0.25) is 0 Å². The maximum atomic E-state index is 13.4. The fourth-order valence-electron chi connectivity index (χ4n) is 3.95. The first-order valence-electron chi connectivity index (χ1n) is 12.0. The van der Waals surface area contributed by atoms with Gasteiger partial charge in [-0.2, -0.15) is 0 Å². The van der Waals surface area contributed by atoms with E-state index in [0.717, 1.165) is 16.5 Å². The zero-order chi connectivity index (χ0) is 27.2. The number of hydrogen-bond acceptors (Lipinski definition) is 8. The van der Waals surface area contributed by atoms with E-state index < -0.39 is 11.1 Å². The van der Waals surface area contributed by atoms with Crippen molar-refractivity contribution in [3.8, 4) is 22.8 Å². The number of furan rings is 1. The third-order valence-corrected chi connectivity index (χ3v) is 6.39. The molecule has 5 rings (SSSR count). The van der Waals surface area contributed by atoms with E-state index in [9.17, 15) is 13.7 Å². The van der Waals surface area contributed by atoms with Gasteiger partial charge in [0.15, 0.2) is 22.6 Å². The van der Waals surface area contributed by atoms with Crippen LogP contribution in [0.5, 0.6) is 11.5 Å². The molecule has 2 aromatic heterocycles. The minimum absolute atomic E-state index is 0.0718. The van der Waals surface area contributed by atoms with Gasteiger partial charge in [0, 0.05) is 29.2 Å². The van der Waals surface area contributed by atoms with Crippen LogP contribution >= 0.6 is 0 Å². The molecule has 0 aliphatic heterocycles. The van der Waals surface area contributed by atoms with Gasteiger partial charge in [-0.25, -0.2) is 18.6 Å². The van der Waals surface area contributed by atoms with E-state index in [4.69, 9.17) is 13.7 Å². The molecule has 0 radical (unpaired) electrons. The lowest BCUT2D eigenvalue weighted by Crippen LogP contribution is -2.19. The van der Waals surface area contributed by atoms with Crippen molar-refractivity contribution in [1.29, 1.82) is 0 Å². The number of fused-ring (bicyclic) bond motifs is 1. The molecule has 1 atom stereocenters. The number of nitrogens with zero attached hydrogens (tertiary/aromatic N) is 2. The van der Waals surface area contributed by atoms with E-state index in [-0.39, 0.29) is 29.7 Å². The predicted molar refractivity (Wildman–Crippen MR) is 147 cm³/mol. The van der Waals surface area contributed by atoms with E-state index in [1.54, 1.807) is 24.3 Å². The average molecular weight is 549 g/mol. The van der Waals surface area contributed by atoms with Crippen LogP contribution < -0.4 is 15.4 Å². The van der Waals surface area contributed by atoms with Crippen molar-refractivity contribution in [2.75, 3.05) is 17.6 Å². The van der Waals surface area contributed by atoms with Crippen LogP contribution in [0, 0.1) is 5.82 Å². The molecule has 2 heterocycles. The Labute approximate surface area is 226 Å². The van der Waals surface area contributed by atoms with E-state index in [1.165, 1.54) is 24.5 Å². The van der Waals surface area contributed by atoms with Gasteiger partial charge in [0.1, 0.15) is 36.1 Å². The number of benzene rings is 3. The van der Waals surface area contributed by atoms with Crippen LogP contribution in [0.4, 0.5) is 15.9 Å². The highest BCUT2D eigenvalue weighted by Crippen LogP contribution is 2.33. The zero-order valence-corrected chi connectivity index (χ0v) is 21.5. The lowest BCUT2D eigenvalue weighted by molar-refractivity contribution is 0.288. The minimum Gasteiger partial charge on any atom is -0.504 e. The van der Waals surface area contributed by atoms with Gasteiger partial charge in [0.05, 0.1) is 17.8 Å². The molecule has 0 saturated heterocycles. The molecular formula is C28H25FN4O5S. The number of phenols is 1. The zero-order valence-electron chi connectivity index (χ0n) is 20.6. The van der Waals surface area contributed by atoms with Crippen molar-refractivity contribution in [2.45, 2.75) is 13.2 Å². The number of rotatable bonds is 11. The fourth-order valence-corrected chi connectivity index (χ4v) is 4.27. The molecule has 200 valence electrons. The van der Waals surface area contributed by atoms with Crippen LogP contribution in [0.15, 0.2) is 83.5 Å². The Morgan fingerprint density at radius 1 is 1.03 bits per heavy atom. The van der Waals surface area contributed by atoms with Crippen molar-refractivity contribution in [3.05, 3.63) is 96.3 Å². The fraction of sp³-hybridized carbons (Fsp3) is 0.143. The number of halogens is 1. The number of phenolic OH excluding ortho intramolecular Hbond substituents is 1. The Kier molecular flexibility index (Phi) is 8.11. The minimum atomic E-state index is -1.83. The normalized spacial score (nSPS) is 11.9. The second-order valence-corrected chi connectivity index (χ2v) is 9.70. The molecule has 0 bridgehead atoms. The summed E-state index contributed by atoms with van der Waals surface area (Å²) < 4.78 is 44.6. The first-order valence-corrected chi connectivity index (χ1v) is 13.3. The molecular weight excluding hydrogens is 523 g/mol. The van der Waals surface area contributed by atoms with Crippen LogP contribution in [0.1, 0.15) is 11.3 Å². The second kappa shape index (κ2) is 12.0. The Morgan fingerprint density at radius 3 is 2.74 bits per heavy atom. The molecule has 1 unspecified atom stereocenters. The highest BCUT2D eigenvalue weighted by Gasteiger charge is 2.11. The number of aromatic hydroxyl groups is 1. The molecule has 0 fully saturated rings. The van der Waals surface area contributed by atoms with Gasteiger partial charge in [-0.3, -0.25) is 0 Å². The van der Waals surface area contributed by atoms with Crippen LogP contribution in [-0.4, -0.2) is 36.1 Å². The van der Waals surface area contributed by atoms with Crippen molar-refractivity contribution >= 4 is 33.5 Å². The summed E-state index contributed by atoms with van der Waals surface area (Å²) in [6.45, 7) is 0.953. The molecule has 0 aliphatic carbocycles. The number of nitrogens with one attached hydrogen (secondary N) is 2. The first kappa shape index (κ1) is 26.3. The quantitative estimate of drug-likeness (QED) is 0.127. The molecule has 5 aromatic rings. The van der Waals surface area contributed by atoms with Gasteiger partial charge >= 0.3 is 0 Å². The summed E-state index contributed by atoms with van der Waals surface area (Å²) in [5.41, 5.74) is 2.79. The number of aromatic nitrogens is 2. The summed E-state index contributed by atoms with van der Waals surface area (Å²) in [4.78, 5) is 8.73. The third kappa shape index (κ3) is 6.77. The van der Waals surface area contributed by atoms with E-state index in [0.29, 0.717) is 41.7 Å². The van der Waals surface area contributed by atoms with E-state index in [2.05, 4.69) is 20.6 Å². The summed E-state index contributed by atoms with van der Waals surface area (Å²) in [5.74, 6) is 1.90. The van der Waals surface area contributed by atoms with Gasteiger partial charge < -0.3 is 29.4 Å². The summed E-state index contributed by atoms with van der Waals surface area (Å²) in [5, 5.41) is 17.5.